The van der Waals surface area contributed by atoms with E-state index in [1.807, 2.05) is 42.4 Å². The summed E-state index contributed by atoms with van der Waals surface area (Å²) in [5.74, 6) is 1.85. The highest BCUT2D eigenvalue weighted by Crippen LogP contribution is 2.16. The van der Waals surface area contributed by atoms with E-state index in [1.54, 1.807) is 6.20 Å². The van der Waals surface area contributed by atoms with Crippen LogP contribution in [0.4, 0.5) is 0 Å². The maximum absolute atomic E-state index is 5.79. The number of imidazole rings is 2. The second-order valence-corrected chi connectivity index (χ2v) is 4.16. The smallest absolute Gasteiger partial charge is 0.160 e. The standard InChI is InChI=1S/C11H17N5/c1-8(12)6-16-5-4-13-11(16)10-7-15(3)9(2)14-10/h4-5,7-8H,6,12H2,1-3H3/t8-/m0/s1. The molecular weight excluding hydrogens is 202 g/mol. The van der Waals surface area contributed by atoms with Crippen molar-refractivity contribution in [2.24, 2.45) is 12.8 Å². The summed E-state index contributed by atoms with van der Waals surface area (Å²) in [6.45, 7) is 4.71. The zero-order chi connectivity index (χ0) is 11.7. The van der Waals surface area contributed by atoms with Gasteiger partial charge in [0.1, 0.15) is 11.5 Å². The molecule has 0 fully saturated rings. The Labute approximate surface area is 94.9 Å². The minimum absolute atomic E-state index is 0.109. The van der Waals surface area contributed by atoms with Crippen LogP contribution in [0.2, 0.25) is 0 Å². The van der Waals surface area contributed by atoms with Gasteiger partial charge in [-0.2, -0.15) is 0 Å². The molecule has 0 aliphatic rings. The van der Waals surface area contributed by atoms with Crippen molar-refractivity contribution in [1.82, 2.24) is 19.1 Å². The Kier molecular flexibility index (Phi) is 2.78. The van der Waals surface area contributed by atoms with Crippen LogP contribution in [-0.4, -0.2) is 25.1 Å². The summed E-state index contributed by atoms with van der Waals surface area (Å²) in [5.41, 5.74) is 6.69. The van der Waals surface area contributed by atoms with E-state index in [4.69, 9.17) is 5.73 Å². The van der Waals surface area contributed by atoms with Crippen LogP contribution in [-0.2, 0) is 13.6 Å². The van der Waals surface area contributed by atoms with Gasteiger partial charge in [-0.15, -0.1) is 0 Å². The van der Waals surface area contributed by atoms with Crippen LogP contribution < -0.4 is 5.73 Å². The van der Waals surface area contributed by atoms with Gasteiger partial charge in [0, 0.05) is 38.2 Å². The molecule has 0 aromatic carbocycles. The van der Waals surface area contributed by atoms with Crippen LogP contribution >= 0.6 is 0 Å². The van der Waals surface area contributed by atoms with Gasteiger partial charge in [-0.1, -0.05) is 0 Å². The fourth-order valence-corrected chi connectivity index (χ4v) is 1.67. The fraction of sp³-hybridized carbons (Fsp3) is 0.455. The lowest BCUT2D eigenvalue weighted by Crippen LogP contribution is -2.22. The van der Waals surface area contributed by atoms with Crippen LogP contribution in [0.3, 0.4) is 0 Å². The molecule has 0 amide bonds. The molecule has 5 nitrogen and oxygen atoms in total. The molecule has 2 rings (SSSR count). The van der Waals surface area contributed by atoms with Gasteiger partial charge < -0.3 is 14.9 Å². The molecule has 86 valence electrons. The van der Waals surface area contributed by atoms with Crippen LogP contribution in [0.5, 0.6) is 0 Å². The Hall–Kier alpha value is -1.62. The molecule has 0 unspecified atom stereocenters. The Morgan fingerprint density at radius 3 is 2.81 bits per heavy atom. The predicted molar refractivity (Wildman–Crippen MR) is 62.8 cm³/mol. The summed E-state index contributed by atoms with van der Waals surface area (Å²) in [6, 6.07) is 0.109. The van der Waals surface area contributed by atoms with E-state index >= 15 is 0 Å². The zero-order valence-electron chi connectivity index (χ0n) is 9.88. The monoisotopic (exact) mass is 219 g/mol. The number of hydrogen-bond acceptors (Lipinski definition) is 3. The molecule has 1 atom stereocenters. The largest absolute Gasteiger partial charge is 0.337 e. The van der Waals surface area contributed by atoms with Gasteiger partial charge in [0.25, 0.3) is 0 Å². The van der Waals surface area contributed by atoms with E-state index in [9.17, 15) is 0 Å². The third-order valence-electron chi connectivity index (χ3n) is 2.54. The number of aromatic nitrogens is 4. The van der Waals surface area contributed by atoms with Crippen molar-refractivity contribution in [2.75, 3.05) is 0 Å². The summed E-state index contributed by atoms with van der Waals surface area (Å²) >= 11 is 0. The Morgan fingerprint density at radius 2 is 2.25 bits per heavy atom. The van der Waals surface area contributed by atoms with Crippen molar-refractivity contribution >= 4 is 0 Å². The maximum Gasteiger partial charge on any atom is 0.160 e. The quantitative estimate of drug-likeness (QED) is 0.835. The topological polar surface area (TPSA) is 61.7 Å². The molecule has 2 N–H and O–H groups in total. The molecule has 0 radical (unpaired) electrons. The van der Waals surface area contributed by atoms with E-state index in [2.05, 4.69) is 9.97 Å². The Balaban J connectivity index is 2.36. The van der Waals surface area contributed by atoms with Crippen molar-refractivity contribution in [3.8, 4) is 11.5 Å². The van der Waals surface area contributed by atoms with Gasteiger partial charge in [-0.05, 0) is 13.8 Å². The van der Waals surface area contributed by atoms with Gasteiger partial charge >= 0.3 is 0 Å². The number of nitrogens with zero attached hydrogens (tertiary/aromatic N) is 4. The first-order valence-corrected chi connectivity index (χ1v) is 5.35. The zero-order valence-corrected chi connectivity index (χ0v) is 9.88. The first-order valence-electron chi connectivity index (χ1n) is 5.35. The van der Waals surface area contributed by atoms with E-state index < -0.39 is 0 Å². The van der Waals surface area contributed by atoms with E-state index in [0.717, 1.165) is 23.9 Å². The molecule has 2 aromatic heterocycles. The van der Waals surface area contributed by atoms with E-state index in [0.29, 0.717) is 0 Å². The van der Waals surface area contributed by atoms with Gasteiger partial charge in [0.15, 0.2) is 5.82 Å². The van der Waals surface area contributed by atoms with Crippen molar-refractivity contribution in [2.45, 2.75) is 26.4 Å². The molecule has 0 bridgehead atoms. The summed E-state index contributed by atoms with van der Waals surface area (Å²) in [4.78, 5) is 8.78. The third-order valence-corrected chi connectivity index (χ3v) is 2.54. The van der Waals surface area contributed by atoms with Gasteiger partial charge in [0.05, 0.1) is 0 Å². The molecule has 5 heteroatoms. The van der Waals surface area contributed by atoms with Crippen molar-refractivity contribution in [1.29, 1.82) is 0 Å². The highest BCUT2D eigenvalue weighted by atomic mass is 15.1. The summed E-state index contributed by atoms with van der Waals surface area (Å²) in [7, 11) is 1.98. The maximum atomic E-state index is 5.79. The summed E-state index contributed by atoms with van der Waals surface area (Å²) in [5, 5.41) is 0. The SMILES string of the molecule is Cc1nc(-c2nccn2C[C@H](C)N)cn1C. The number of rotatable bonds is 3. The average molecular weight is 219 g/mol. The molecule has 2 heterocycles. The van der Waals surface area contributed by atoms with Gasteiger partial charge in [-0.3, -0.25) is 0 Å². The molecule has 2 aromatic rings. The molecule has 16 heavy (non-hydrogen) atoms. The lowest BCUT2D eigenvalue weighted by Gasteiger charge is -2.08. The first kappa shape index (κ1) is 10.9. The van der Waals surface area contributed by atoms with Crippen LogP contribution in [0, 0.1) is 6.92 Å². The fourth-order valence-electron chi connectivity index (χ4n) is 1.67. The van der Waals surface area contributed by atoms with Crippen LogP contribution in [0.25, 0.3) is 11.5 Å². The molecule has 0 aliphatic carbocycles. The summed E-state index contributed by atoms with van der Waals surface area (Å²) < 4.78 is 4.02. The highest BCUT2D eigenvalue weighted by molar-refractivity contribution is 5.49. The van der Waals surface area contributed by atoms with E-state index in [-0.39, 0.29) is 6.04 Å². The normalized spacial score (nSPS) is 13.0. The Morgan fingerprint density at radius 1 is 1.50 bits per heavy atom. The molecule has 0 aliphatic heterocycles. The number of aryl methyl sites for hydroxylation is 2. The third kappa shape index (κ3) is 1.99. The number of nitrogens with two attached hydrogens (primary N) is 1. The van der Waals surface area contributed by atoms with Crippen molar-refractivity contribution in [3.05, 3.63) is 24.4 Å². The van der Waals surface area contributed by atoms with Gasteiger partial charge in [0.2, 0.25) is 0 Å². The average Bonchev–Trinajstić information content (AvgIpc) is 2.74. The Bertz CT molecular complexity index is 461. The minimum atomic E-state index is 0.109. The lowest BCUT2D eigenvalue weighted by atomic mass is 10.3. The van der Waals surface area contributed by atoms with E-state index in [1.165, 1.54) is 0 Å². The molecule has 0 saturated carbocycles. The van der Waals surface area contributed by atoms with Crippen molar-refractivity contribution < 1.29 is 0 Å². The highest BCUT2D eigenvalue weighted by Gasteiger charge is 2.11. The summed E-state index contributed by atoms with van der Waals surface area (Å²) in [6.07, 6.45) is 5.69. The van der Waals surface area contributed by atoms with Gasteiger partial charge in [-0.25, -0.2) is 9.97 Å². The van der Waals surface area contributed by atoms with Crippen molar-refractivity contribution in [3.63, 3.8) is 0 Å². The molecule has 0 saturated heterocycles. The minimum Gasteiger partial charge on any atom is -0.337 e. The second kappa shape index (κ2) is 4.09. The first-order chi connectivity index (χ1) is 7.58. The van der Waals surface area contributed by atoms with Crippen LogP contribution in [0.1, 0.15) is 12.7 Å². The van der Waals surface area contributed by atoms with Crippen LogP contribution in [0.15, 0.2) is 18.6 Å². The lowest BCUT2D eigenvalue weighted by molar-refractivity contribution is 0.593. The molecule has 0 spiro atoms. The predicted octanol–water partition coefficient (Wildman–Crippen LogP) is 0.939. The molecular formula is C11H17N5. The second-order valence-electron chi connectivity index (χ2n) is 4.16. The number of hydrogen-bond donors (Lipinski definition) is 1.